The highest BCUT2D eigenvalue weighted by Gasteiger charge is 2.30. The Bertz CT molecular complexity index is 1370. The molecule has 31 heavy (non-hydrogen) atoms. The highest BCUT2D eigenvalue weighted by atomic mass is 35.5. The summed E-state index contributed by atoms with van der Waals surface area (Å²) in [4.78, 5) is 8.64. The van der Waals surface area contributed by atoms with Gasteiger partial charge in [0.05, 0.1) is 20.9 Å². The van der Waals surface area contributed by atoms with Crippen molar-refractivity contribution in [1.82, 2.24) is 9.97 Å². The van der Waals surface area contributed by atoms with E-state index in [0.29, 0.717) is 11.0 Å². The van der Waals surface area contributed by atoms with Gasteiger partial charge in [-0.3, -0.25) is 4.72 Å². The van der Waals surface area contributed by atoms with E-state index in [4.69, 9.17) is 11.6 Å². The van der Waals surface area contributed by atoms with Crippen molar-refractivity contribution in [2.45, 2.75) is 10.4 Å². The smallest absolute Gasteiger partial charge is 0.337 e. The number of aromatic nitrogens is 2. The first kappa shape index (κ1) is 21.3. The summed E-state index contributed by atoms with van der Waals surface area (Å²) in [5.74, 6) is -0.218. The molecule has 0 unspecified atom stereocenters. The summed E-state index contributed by atoms with van der Waals surface area (Å²) in [6, 6.07) is 13.9. The maximum absolute atomic E-state index is 13.0. The molecule has 2 N–H and O–H groups in total. The van der Waals surface area contributed by atoms with Crippen molar-refractivity contribution in [3.05, 3.63) is 70.6 Å². The zero-order valence-electron chi connectivity index (χ0n) is 15.3. The molecule has 0 aliphatic heterocycles. The molecule has 6 nitrogen and oxygen atoms in total. The standard InChI is InChI=1S/C19H12ClF3N4O2S2/c20-15-8-9-16(30-15)31(28,29)27-18-17(25-13-6-1-2-7-14(13)26-18)24-12-5-3-4-11(10-12)19(21,22)23/h1-10H,(H,24,25)(H,26,27). The highest BCUT2D eigenvalue weighted by Crippen LogP contribution is 2.33. The van der Waals surface area contributed by atoms with E-state index in [2.05, 4.69) is 20.0 Å². The molecule has 0 fully saturated rings. The second-order valence-electron chi connectivity index (χ2n) is 6.28. The van der Waals surface area contributed by atoms with Gasteiger partial charge in [0.15, 0.2) is 11.6 Å². The number of nitrogens with zero attached hydrogens (tertiary/aromatic N) is 2. The molecule has 0 saturated heterocycles. The minimum absolute atomic E-state index is 0.0440. The third kappa shape index (κ3) is 4.73. The summed E-state index contributed by atoms with van der Waals surface area (Å²) >= 11 is 6.69. The van der Waals surface area contributed by atoms with Crippen molar-refractivity contribution in [2.75, 3.05) is 10.0 Å². The van der Waals surface area contributed by atoms with Gasteiger partial charge in [-0.25, -0.2) is 18.4 Å². The van der Waals surface area contributed by atoms with Crippen molar-refractivity contribution >= 4 is 61.3 Å². The summed E-state index contributed by atoms with van der Waals surface area (Å²) in [5.41, 5.74) is 0.0405. The largest absolute Gasteiger partial charge is 0.416 e. The lowest BCUT2D eigenvalue weighted by molar-refractivity contribution is -0.137. The van der Waals surface area contributed by atoms with Crippen LogP contribution in [0.15, 0.2) is 64.9 Å². The number of fused-ring (bicyclic) bond motifs is 1. The molecule has 4 rings (SSSR count). The fourth-order valence-electron chi connectivity index (χ4n) is 2.69. The second-order valence-corrected chi connectivity index (χ2v) is 9.90. The van der Waals surface area contributed by atoms with Crippen LogP contribution in [0.4, 0.5) is 30.5 Å². The number of hydrogen-bond acceptors (Lipinski definition) is 6. The third-order valence-electron chi connectivity index (χ3n) is 4.07. The van der Waals surface area contributed by atoms with Crippen LogP contribution in [0.25, 0.3) is 11.0 Å². The first-order valence-electron chi connectivity index (χ1n) is 8.61. The fraction of sp³-hybridized carbons (Fsp3) is 0.0526. The van der Waals surface area contributed by atoms with Crippen molar-refractivity contribution in [2.24, 2.45) is 0 Å². The van der Waals surface area contributed by atoms with Crippen LogP contribution in [0.1, 0.15) is 5.56 Å². The number of rotatable bonds is 5. The number of para-hydroxylation sites is 2. The molecule has 4 aromatic rings. The van der Waals surface area contributed by atoms with Gasteiger partial charge >= 0.3 is 6.18 Å². The van der Waals surface area contributed by atoms with Gasteiger partial charge in [-0.15, -0.1) is 11.3 Å². The van der Waals surface area contributed by atoms with Crippen LogP contribution in [0, 0.1) is 0 Å². The van der Waals surface area contributed by atoms with E-state index in [1.807, 2.05) is 0 Å². The van der Waals surface area contributed by atoms with E-state index < -0.39 is 21.8 Å². The van der Waals surface area contributed by atoms with Gasteiger partial charge < -0.3 is 5.32 Å². The normalized spacial score (nSPS) is 12.1. The fourth-order valence-corrected chi connectivity index (χ4v) is 5.18. The molecule has 2 heterocycles. The molecular weight excluding hydrogens is 473 g/mol. The Morgan fingerprint density at radius 1 is 0.903 bits per heavy atom. The quantitative estimate of drug-likeness (QED) is 0.368. The average molecular weight is 485 g/mol. The number of benzene rings is 2. The van der Waals surface area contributed by atoms with Crippen molar-refractivity contribution in [1.29, 1.82) is 0 Å². The van der Waals surface area contributed by atoms with Crippen LogP contribution in [0.3, 0.4) is 0 Å². The van der Waals surface area contributed by atoms with Crippen LogP contribution in [0.2, 0.25) is 4.34 Å². The summed E-state index contributed by atoms with van der Waals surface area (Å²) in [6.07, 6.45) is -4.53. The number of hydrogen-bond donors (Lipinski definition) is 2. The Morgan fingerprint density at radius 2 is 1.58 bits per heavy atom. The molecule has 0 spiro atoms. The third-order valence-corrected chi connectivity index (χ3v) is 7.13. The first-order chi connectivity index (χ1) is 14.6. The molecule has 0 aliphatic rings. The van der Waals surface area contributed by atoms with Crippen LogP contribution in [-0.2, 0) is 16.2 Å². The molecule has 0 bridgehead atoms. The molecule has 2 aromatic heterocycles. The van der Waals surface area contributed by atoms with E-state index in [0.717, 1.165) is 23.5 Å². The number of halogens is 4. The average Bonchev–Trinajstić information content (AvgIpc) is 3.15. The summed E-state index contributed by atoms with van der Waals surface area (Å²) in [7, 11) is -4.05. The van der Waals surface area contributed by atoms with Gasteiger partial charge in [0.2, 0.25) is 0 Å². The maximum Gasteiger partial charge on any atom is 0.416 e. The molecule has 0 atom stereocenters. The summed E-state index contributed by atoms with van der Waals surface area (Å²) in [6.45, 7) is 0. The van der Waals surface area contributed by atoms with Crippen LogP contribution >= 0.6 is 22.9 Å². The molecule has 2 aromatic carbocycles. The lowest BCUT2D eigenvalue weighted by Crippen LogP contribution is -2.15. The lowest BCUT2D eigenvalue weighted by Gasteiger charge is -2.14. The van der Waals surface area contributed by atoms with Crippen LogP contribution in [0.5, 0.6) is 0 Å². The number of nitrogens with one attached hydrogen (secondary N) is 2. The van der Waals surface area contributed by atoms with Gasteiger partial charge in [0, 0.05) is 5.69 Å². The zero-order chi connectivity index (χ0) is 22.2. The molecule has 0 saturated carbocycles. The molecule has 160 valence electrons. The highest BCUT2D eigenvalue weighted by molar-refractivity contribution is 7.94. The summed E-state index contributed by atoms with van der Waals surface area (Å²) in [5, 5.41) is 2.73. The minimum Gasteiger partial charge on any atom is -0.337 e. The second kappa shape index (κ2) is 7.98. The predicted molar refractivity (Wildman–Crippen MR) is 114 cm³/mol. The Balaban J connectivity index is 1.77. The molecule has 12 heteroatoms. The maximum atomic E-state index is 13.0. The van der Waals surface area contributed by atoms with E-state index in [1.165, 1.54) is 24.3 Å². The molecule has 0 aliphatic carbocycles. The lowest BCUT2D eigenvalue weighted by atomic mass is 10.2. The van der Waals surface area contributed by atoms with Gasteiger partial charge in [0.25, 0.3) is 10.0 Å². The predicted octanol–water partition coefficient (Wildman–Crippen LogP) is 5.91. The Kier molecular flexibility index (Phi) is 5.50. The molecule has 0 radical (unpaired) electrons. The topological polar surface area (TPSA) is 84.0 Å². The van der Waals surface area contributed by atoms with Gasteiger partial charge in [-0.05, 0) is 42.5 Å². The number of sulfonamides is 1. The van der Waals surface area contributed by atoms with Crippen LogP contribution < -0.4 is 10.0 Å². The Hall–Kier alpha value is -2.89. The SMILES string of the molecule is O=S(=O)(Nc1nc2ccccc2nc1Nc1cccc(C(F)(F)F)c1)c1ccc(Cl)s1. The molecule has 0 amide bonds. The van der Waals surface area contributed by atoms with Gasteiger partial charge in [0.1, 0.15) is 4.21 Å². The van der Waals surface area contributed by atoms with E-state index in [1.54, 1.807) is 24.3 Å². The van der Waals surface area contributed by atoms with E-state index in [9.17, 15) is 21.6 Å². The van der Waals surface area contributed by atoms with E-state index in [-0.39, 0.29) is 25.9 Å². The Labute approximate surface area is 183 Å². The van der Waals surface area contributed by atoms with Crippen molar-refractivity contribution < 1.29 is 21.6 Å². The van der Waals surface area contributed by atoms with Gasteiger partial charge in [-0.2, -0.15) is 13.2 Å². The van der Waals surface area contributed by atoms with E-state index >= 15 is 0 Å². The monoisotopic (exact) mass is 484 g/mol. The molecular formula is C19H12ClF3N4O2S2. The summed E-state index contributed by atoms with van der Waals surface area (Å²) < 4.78 is 67.2. The van der Waals surface area contributed by atoms with Crippen molar-refractivity contribution in [3.8, 4) is 0 Å². The number of alkyl halides is 3. The minimum atomic E-state index is -4.53. The first-order valence-corrected chi connectivity index (χ1v) is 11.3. The number of thiophene rings is 1. The zero-order valence-corrected chi connectivity index (χ0v) is 17.7. The van der Waals surface area contributed by atoms with Gasteiger partial charge in [-0.1, -0.05) is 29.8 Å². The Morgan fingerprint density at radius 3 is 2.19 bits per heavy atom. The van der Waals surface area contributed by atoms with Crippen molar-refractivity contribution in [3.63, 3.8) is 0 Å². The number of anilines is 3. The van der Waals surface area contributed by atoms with Crippen LogP contribution in [-0.4, -0.2) is 18.4 Å².